The zero-order valence-corrected chi connectivity index (χ0v) is 14.3. The fraction of sp³-hybridized carbons (Fsp3) is 0.150. The summed E-state index contributed by atoms with van der Waals surface area (Å²) in [5.41, 5.74) is 1.96. The van der Waals surface area contributed by atoms with Crippen LogP contribution in [0.3, 0.4) is 0 Å². The van der Waals surface area contributed by atoms with Crippen molar-refractivity contribution < 1.29 is 4.79 Å². The number of anilines is 1. The molecule has 0 saturated carbocycles. The van der Waals surface area contributed by atoms with E-state index >= 15 is 0 Å². The first-order valence-corrected chi connectivity index (χ1v) is 8.82. The topological polar surface area (TPSA) is 41.1 Å². The standard InChI is InChI=1S/C20H20N2OS/c1-15(20(23)22-17-11-6-3-7-12-17)21-19(18-13-8-14-24-18)16-9-4-2-5-10-16/h2-15,19,21H,1H3,(H,22,23)/t15-,19+/m0/s1. The average molecular weight is 336 g/mol. The molecule has 0 saturated heterocycles. The first kappa shape index (κ1) is 16.4. The SMILES string of the molecule is C[C@H](N[C@H](c1ccccc1)c1cccs1)C(=O)Nc1ccccc1. The summed E-state index contributed by atoms with van der Waals surface area (Å²) in [4.78, 5) is 13.7. The highest BCUT2D eigenvalue weighted by Crippen LogP contribution is 2.26. The van der Waals surface area contributed by atoms with Crippen LogP contribution in [-0.4, -0.2) is 11.9 Å². The van der Waals surface area contributed by atoms with Gasteiger partial charge in [-0.25, -0.2) is 0 Å². The fourth-order valence-electron chi connectivity index (χ4n) is 2.54. The van der Waals surface area contributed by atoms with E-state index in [4.69, 9.17) is 0 Å². The molecule has 1 aromatic heterocycles. The highest BCUT2D eigenvalue weighted by atomic mass is 32.1. The number of carbonyl (C=O) groups excluding carboxylic acids is 1. The number of hydrogen-bond acceptors (Lipinski definition) is 3. The van der Waals surface area contributed by atoms with Crippen molar-refractivity contribution >= 4 is 22.9 Å². The largest absolute Gasteiger partial charge is 0.325 e. The van der Waals surface area contributed by atoms with Crippen LogP contribution in [0.15, 0.2) is 78.2 Å². The number of hydrogen-bond donors (Lipinski definition) is 2. The Kier molecular flexibility index (Phi) is 5.41. The Balaban J connectivity index is 1.74. The highest BCUT2D eigenvalue weighted by molar-refractivity contribution is 7.10. The lowest BCUT2D eigenvalue weighted by Gasteiger charge is -2.22. The molecule has 1 amide bonds. The number of para-hydroxylation sites is 1. The Hall–Kier alpha value is -2.43. The van der Waals surface area contributed by atoms with Crippen molar-refractivity contribution in [3.05, 3.63) is 88.6 Å². The molecule has 0 aliphatic rings. The summed E-state index contributed by atoms with van der Waals surface area (Å²) in [6.07, 6.45) is 0. The van der Waals surface area contributed by atoms with Crippen molar-refractivity contribution in [1.29, 1.82) is 0 Å². The molecular formula is C20H20N2OS. The Labute approximate surface area is 146 Å². The Morgan fingerprint density at radius 2 is 1.58 bits per heavy atom. The first-order valence-electron chi connectivity index (χ1n) is 7.94. The molecule has 0 fully saturated rings. The summed E-state index contributed by atoms with van der Waals surface area (Å²) in [7, 11) is 0. The van der Waals surface area contributed by atoms with Crippen LogP contribution < -0.4 is 10.6 Å². The number of benzene rings is 2. The summed E-state index contributed by atoms with van der Waals surface area (Å²) in [6, 6.07) is 23.5. The average Bonchev–Trinajstić information content (AvgIpc) is 3.15. The highest BCUT2D eigenvalue weighted by Gasteiger charge is 2.21. The van der Waals surface area contributed by atoms with E-state index < -0.39 is 0 Å². The molecule has 2 N–H and O–H groups in total. The van der Waals surface area contributed by atoms with Crippen molar-refractivity contribution in [2.75, 3.05) is 5.32 Å². The maximum atomic E-state index is 12.5. The smallest absolute Gasteiger partial charge is 0.241 e. The Morgan fingerprint density at radius 3 is 2.21 bits per heavy atom. The molecule has 0 spiro atoms. The van der Waals surface area contributed by atoms with Crippen LogP contribution >= 0.6 is 11.3 Å². The van der Waals surface area contributed by atoms with Gasteiger partial charge >= 0.3 is 0 Å². The molecule has 0 radical (unpaired) electrons. The van der Waals surface area contributed by atoms with Gasteiger partial charge in [-0.15, -0.1) is 11.3 Å². The molecular weight excluding hydrogens is 316 g/mol. The molecule has 3 nitrogen and oxygen atoms in total. The lowest BCUT2D eigenvalue weighted by atomic mass is 10.0. The minimum Gasteiger partial charge on any atom is -0.325 e. The van der Waals surface area contributed by atoms with Crippen molar-refractivity contribution in [3.8, 4) is 0 Å². The molecule has 2 aromatic carbocycles. The normalized spacial score (nSPS) is 13.2. The Bertz CT molecular complexity index is 757. The number of thiophene rings is 1. The van der Waals surface area contributed by atoms with Gasteiger partial charge in [-0.05, 0) is 36.1 Å². The van der Waals surface area contributed by atoms with Gasteiger partial charge in [-0.3, -0.25) is 10.1 Å². The van der Waals surface area contributed by atoms with E-state index in [9.17, 15) is 4.79 Å². The summed E-state index contributed by atoms with van der Waals surface area (Å²) < 4.78 is 0. The van der Waals surface area contributed by atoms with Crippen LogP contribution in [0.5, 0.6) is 0 Å². The van der Waals surface area contributed by atoms with Crippen molar-refractivity contribution in [3.63, 3.8) is 0 Å². The summed E-state index contributed by atoms with van der Waals surface area (Å²) in [5.74, 6) is -0.0429. The molecule has 0 aliphatic carbocycles. The van der Waals surface area contributed by atoms with Crippen LogP contribution in [0.4, 0.5) is 5.69 Å². The van der Waals surface area contributed by atoms with Gasteiger partial charge in [-0.1, -0.05) is 54.6 Å². The van der Waals surface area contributed by atoms with E-state index in [1.165, 1.54) is 4.88 Å². The zero-order valence-electron chi connectivity index (χ0n) is 13.5. The van der Waals surface area contributed by atoms with Gasteiger partial charge < -0.3 is 5.32 Å². The molecule has 0 unspecified atom stereocenters. The molecule has 122 valence electrons. The zero-order chi connectivity index (χ0) is 16.8. The second kappa shape index (κ2) is 7.90. The van der Waals surface area contributed by atoms with Crippen LogP contribution in [0.1, 0.15) is 23.4 Å². The van der Waals surface area contributed by atoms with E-state index in [2.05, 4.69) is 34.2 Å². The maximum absolute atomic E-state index is 12.5. The lowest BCUT2D eigenvalue weighted by molar-refractivity contribution is -0.117. The molecule has 3 aromatic rings. The molecule has 0 aliphatic heterocycles. The van der Waals surface area contributed by atoms with Gasteiger partial charge in [0.2, 0.25) is 5.91 Å². The number of amides is 1. The van der Waals surface area contributed by atoms with Crippen LogP contribution in [0.2, 0.25) is 0 Å². The van der Waals surface area contributed by atoms with Gasteiger partial charge in [0.05, 0.1) is 12.1 Å². The third kappa shape index (κ3) is 4.10. The van der Waals surface area contributed by atoms with Gasteiger partial charge in [0, 0.05) is 10.6 Å². The van der Waals surface area contributed by atoms with Gasteiger partial charge in [0.1, 0.15) is 0 Å². The Morgan fingerprint density at radius 1 is 0.917 bits per heavy atom. The van der Waals surface area contributed by atoms with E-state index in [0.29, 0.717) is 0 Å². The van der Waals surface area contributed by atoms with Gasteiger partial charge in [0.25, 0.3) is 0 Å². The molecule has 1 heterocycles. The monoisotopic (exact) mass is 336 g/mol. The molecule has 0 bridgehead atoms. The van der Waals surface area contributed by atoms with Gasteiger partial charge in [-0.2, -0.15) is 0 Å². The van der Waals surface area contributed by atoms with Crippen molar-refractivity contribution in [2.24, 2.45) is 0 Å². The minimum absolute atomic E-state index is 0.00252. The van der Waals surface area contributed by atoms with Crippen molar-refractivity contribution in [2.45, 2.75) is 19.0 Å². The third-order valence-corrected chi connectivity index (χ3v) is 4.75. The molecule has 2 atom stereocenters. The minimum atomic E-state index is -0.322. The van der Waals surface area contributed by atoms with Crippen LogP contribution in [-0.2, 0) is 4.79 Å². The summed E-state index contributed by atoms with van der Waals surface area (Å²) in [6.45, 7) is 1.89. The predicted octanol–water partition coefficient (Wildman–Crippen LogP) is 4.45. The van der Waals surface area contributed by atoms with Crippen molar-refractivity contribution in [1.82, 2.24) is 5.32 Å². The number of nitrogens with one attached hydrogen (secondary N) is 2. The maximum Gasteiger partial charge on any atom is 0.241 e. The number of rotatable bonds is 6. The van der Waals surface area contributed by atoms with Gasteiger partial charge in [0.15, 0.2) is 0 Å². The van der Waals surface area contributed by atoms with Crippen LogP contribution in [0, 0.1) is 0 Å². The first-order chi connectivity index (χ1) is 11.7. The third-order valence-electron chi connectivity index (χ3n) is 3.81. The predicted molar refractivity (Wildman–Crippen MR) is 100 cm³/mol. The summed E-state index contributed by atoms with van der Waals surface area (Å²) >= 11 is 1.69. The second-order valence-electron chi connectivity index (χ2n) is 5.60. The van der Waals surface area contributed by atoms with E-state index in [1.54, 1.807) is 11.3 Å². The molecule has 4 heteroatoms. The van der Waals surface area contributed by atoms with E-state index in [1.807, 2.05) is 61.5 Å². The van der Waals surface area contributed by atoms with E-state index in [0.717, 1.165) is 11.3 Å². The van der Waals surface area contributed by atoms with E-state index in [-0.39, 0.29) is 18.0 Å². The number of carbonyl (C=O) groups is 1. The lowest BCUT2D eigenvalue weighted by Crippen LogP contribution is -2.40. The summed E-state index contributed by atoms with van der Waals surface area (Å²) in [5, 5.41) is 8.46. The molecule has 3 rings (SSSR count). The molecule has 24 heavy (non-hydrogen) atoms. The quantitative estimate of drug-likeness (QED) is 0.698. The second-order valence-corrected chi connectivity index (χ2v) is 6.58. The van der Waals surface area contributed by atoms with Crippen LogP contribution in [0.25, 0.3) is 0 Å². The fourth-order valence-corrected chi connectivity index (χ4v) is 3.35.